The Bertz CT molecular complexity index is 776. The van der Waals surface area contributed by atoms with Gasteiger partial charge in [0.1, 0.15) is 6.10 Å². The van der Waals surface area contributed by atoms with Crippen molar-refractivity contribution in [2.24, 2.45) is 23.7 Å². The van der Waals surface area contributed by atoms with Gasteiger partial charge in [0.2, 0.25) is 0 Å². The van der Waals surface area contributed by atoms with Crippen LogP contribution < -0.4 is 4.74 Å². The van der Waals surface area contributed by atoms with Crippen molar-refractivity contribution in [3.05, 3.63) is 18.0 Å². The minimum absolute atomic E-state index is 0.104. The number of carbonyl (C=O) groups excluding carboxylic acids is 2. The number of aromatic hydroxyl groups is 1. The summed E-state index contributed by atoms with van der Waals surface area (Å²) in [7, 11) is 1.40. The summed E-state index contributed by atoms with van der Waals surface area (Å²) in [5.41, 5.74) is -0.104. The summed E-state index contributed by atoms with van der Waals surface area (Å²) in [5.74, 6) is -0.170. The van der Waals surface area contributed by atoms with E-state index in [-0.39, 0.29) is 29.7 Å². The van der Waals surface area contributed by atoms with Crippen molar-refractivity contribution >= 4 is 11.8 Å². The molecular formula is C26H41NO6. The highest BCUT2D eigenvalue weighted by Gasteiger charge is 2.33. The maximum absolute atomic E-state index is 12.8. The minimum Gasteiger partial charge on any atom is -0.503 e. The van der Waals surface area contributed by atoms with Crippen LogP contribution in [0.15, 0.2) is 12.3 Å². The number of nitrogens with zero attached hydrogens (tertiary/aromatic N) is 1. The van der Waals surface area contributed by atoms with E-state index in [1.807, 2.05) is 6.92 Å². The number of pyridine rings is 1. The molecule has 1 aliphatic rings. The van der Waals surface area contributed by atoms with Gasteiger partial charge in [0.25, 0.3) is 0 Å². The molecule has 1 aromatic heterocycles. The largest absolute Gasteiger partial charge is 0.503 e. The third-order valence-electron chi connectivity index (χ3n) is 6.36. The third kappa shape index (κ3) is 8.29. The lowest BCUT2D eigenvalue weighted by molar-refractivity contribution is -0.164. The van der Waals surface area contributed by atoms with E-state index in [4.69, 9.17) is 14.2 Å². The predicted molar refractivity (Wildman–Crippen MR) is 126 cm³/mol. The molecule has 1 saturated carbocycles. The Morgan fingerprint density at radius 2 is 1.88 bits per heavy atom. The molecule has 1 fully saturated rings. The molecule has 0 spiro atoms. The molecule has 0 radical (unpaired) electrons. The van der Waals surface area contributed by atoms with Crippen molar-refractivity contribution in [3.8, 4) is 11.5 Å². The molecular weight excluding hydrogens is 422 g/mol. The Morgan fingerprint density at radius 3 is 2.45 bits per heavy atom. The zero-order valence-electron chi connectivity index (χ0n) is 21.0. The van der Waals surface area contributed by atoms with Gasteiger partial charge in [-0.25, -0.2) is 4.98 Å². The molecule has 0 saturated heterocycles. The van der Waals surface area contributed by atoms with Gasteiger partial charge < -0.3 is 19.3 Å². The second-order valence-corrected chi connectivity index (χ2v) is 9.76. The van der Waals surface area contributed by atoms with Crippen LogP contribution in [-0.4, -0.2) is 47.8 Å². The fraction of sp³-hybridized carbons (Fsp3) is 0.731. The fourth-order valence-electron chi connectivity index (χ4n) is 3.96. The average Bonchev–Trinajstić information content (AvgIpc) is 3.60. The lowest BCUT2D eigenvalue weighted by Crippen LogP contribution is -2.39. The van der Waals surface area contributed by atoms with Gasteiger partial charge in [-0.05, 0) is 43.9 Å². The van der Waals surface area contributed by atoms with Crippen LogP contribution in [-0.2, 0) is 14.3 Å². The van der Waals surface area contributed by atoms with Gasteiger partial charge >= 0.3 is 5.97 Å². The standard InChI is InChI=1S/C26H41NO6/c1-7-20(11-8-16(2)3)25(32-15-19-9-10-19)18(5)33-26(30)17(4)14-21(28)23-24(29)22(31-6)12-13-27-23/h12-13,16-20,25,29H,7-11,14-15H2,1-6H3/t17-,18+,20+,25-/m1/s1. The second kappa shape index (κ2) is 12.9. The summed E-state index contributed by atoms with van der Waals surface area (Å²) in [6.45, 7) is 10.8. The minimum atomic E-state index is -0.674. The van der Waals surface area contributed by atoms with E-state index >= 15 is 0 Å². The molecule has 1 heterocycles. The van der Waals surface area contributed by atoms with E-state index in [1.165, 1.54) is 32.2 Å². The number of ketones is 1. The van der Waals surface area contributed by atoms with E-state index in [0.29, 0.717) is 24.4 Å². The Morgan fingerprint density at radius 1 is 1.18 bits per heavy atom. The van der Waals surface area contributed by atoms with Crippen LogP contribution in [0.4, 0.5) is 0 Å². The summed E-state index contributed by atoms with van der Waals surface area (Å²) < 4.78 is 17.1. The van der Waals surface area contributed by atoms with Crippen LogP contribution in [0.25, 0.3) is 0 Å². The molecule has 2 rings (SSSR count). The molecule has 4 atom stereocenters. The monoisotopic (exact) mass is 463 g/mol. The first kappa shape index (κ1) is 27.1. The number of aromatic nitrogens is 1. The molecule has 33 heavy (non-hydrogen) atoms. The summed E-state index contributed by atoms with van der Waals surface area (Å²) in [5, 5.41) is 10.2. The maximum Gasteiger partial charge on any atom is 0.309 e. The SMILES string of the molecule is CC[C@@H](CCC(C)C)[C@H](OCC1CC1)[C@H](C)OC(=O)[C@H](C)CC(=O)c1nccc(OC)c1O. The molecule has 0 unspecified atom stereocenters. The van der Waals surface area contributed by atoms with E-state index in [0.717, 1.165) is 19.3 Å². The van der Waals surface area contributed by atoms with E-state index < -0.39 is 23.8 Å². The molecule has 0 aliphatic heterocycles. The van der Waals surface area contributed by atoms with Gasteiger partial charge in [-0.15, -0.1) is 0 Å². The first-order valence-corrected chi connectivity index (χ1v) is 12.2. The van der Waals surface area contributed by atoms with Crippen molar-refractivity contribution in [1.29, 1.82) is 0 Å². The van der Waals surface area contributed by atoms with Gasteiger partial charge in [0, 0.05) is 25.3 Å². The number of methoxy groups -OCH3 is 1. The first-order valence-electron chi connectivity index (χ1n) is 12.2. The third-order valence-corrected chi connectivity index (χ3v) is 6.36. The quantitative estimate of drug-likeness (QED) is 0.282. The van der Waals surface area contributed by atoms with Gasteiger partial charge in [-0.2, -0.15) is 0 Å². The number of Topliss-reactive ketones (excluding diaryl/α,β-unsaturated/α-hetero) is 1. The summed E-state index contributed by atoms with van der Waals surface area (Å²) in [6, 6.07) is 1.47. The van der Waals surface area contributed by atoms with E-state index in [1.54, 1.807) is 6.92 Å². The Labute approximate surface area is 198 Å². The van der Waals surface area contributed by atoms with Gasteiger partial charge in [-0.1, -0.05) is 40.5 Å². The number of rotatable bonds is 15. The molecule has 0 aromatic carbocycles. The predicted octanol–water partition coefficient (Wildman–Crippen LogP) is 5.19. The maximum atomic E-state index is 12.8. The highest BCUT2D eigenvalue weighted by Crippen LogP contribution is 2.33. The molecule has 1 aliphatic carbocycles. The van der Waals surface area contributed by atoms with Crippen molar-refractivity contribution in [2.45, 2.75) is 85.4 Å². The summed E-state index contributed by atoms with van der Waals surface area (Å²) in [6.07, 6.45) is 6.20. The van der Waals surface area contributed by atoms with Crippen LogP contribution in [0, 0.1) is 23.7 Å². The molecule has 1 aromatic rings. The van der Waals surface area contributed by atoms with Gasteiger partial charge in [0.05, 0.1) is 19.1 Å². The summed E-state index contributed by atoms with van der Waals surface area (Å²) >= 11 is 0. The first-order chi connectivity index (χ1) is 15.7. The van der Waals surface area contributed by atoms with Crippen molar-refractivity contribution < 1.29 is 28.9 Å². The highest BCUT2D eigenvalue weighted by molar-refractivity contribution is 5.99. The molecule has 7 nitrogen and oxygen atoms in total. The molecule has 0 amide bonds. The van der Waals surface area contributed by atoms with Crippen LogP contribution in [0.1, 0.15) is 83.6 Å². The molecule has 7 heteroatoms. The number of carbonyl (C=O) groups is 2. The Hall–Kier alpha value is -2.15. The van der Waals surface area contributed by atoms with Crippen molar-refractivity contribution in [1.82, 2.24) is 4.98 Å². The molecule has 0 bridgehead atoms. The molecule has 1 N–H and O–H groups in total. The van der Waals surface area contributed by atoms with Crippen LogP contribution in [0.5, 0.6) is 11.5 Å². The number of hydrogen-bond donors (Lipinski definition) is 1. The van der Waals surface area contributed by atoms with Crippen LogP contribution in [0.2, 0.25) is 0 Å². The normalized spacial score (nSPS) is 17.3. The number of hydrogen-bond acceptors (Lipinski definition) is 7. The lowest BCUT2D eigenvalue weighted by Gasteiger charge is -2.32. The Balaban J connectivity index is 2.00. The highest BCUT2D eigenvalue weighted by atomic mass is 16.6. The van der Waals surface area contributed by atoms with E-state index in [9.17, 15) is 14.7 Å². The van der Waals surface area contributed by atoms with Crippen LogP contribution >= 0.6 is 0 Å². The smallest absolute Gasteiger partial charge is 0.309 e. The lowest BCUT2D eigenvalue weighted by atomic mass is 9.88. The molecule has 186 valence electrons. The van der Waals surface area contributed by atoms with E-state index in [2.05, 4.69) is 25.8 Å². The number of esters is 1. The van der Waals surface area contributed by atoms with Crippen molar-refractivity contribution in [2.75, 3.05) is 13.7 Å². The number of ether oxygens (including phenoxy) is 3. The van der Waals surface area contributed by atoms with Gasteiger partial charge in [-0.3, -0.25) is 9.59 Å². The second-order valence-electron chi connectivity index (χ2n) is 9.76. The average molecular weight is 464 g/mol. The van der Waals surface area contributed by atoms with Crippen LogP contribution in [0.3, 0.4) is 0 Å². The van der Waals surface area contributed by atoms with Crippen molar-refractivity contribution in [3.63, 3.8) is 0 Å². The summed E-state index contributed by atoms with van der Waals surface area (Å²) in [4.78, 5) is 29.4. The zero-order chi connectivity index (χ0) is 24.5. The topological polar surface area (TPSA) is 95.0 Å². The zero-order valence-corrected chi connectivity index (χ0v) is 21.0. The van der Waals surface area contributed by atoms with Gasteiger partial charge in [0.15, 0.2) is 23.0 Å². The Kier molecular flexibility index (Phi) is 10.6. The fourth-order valence-corrected chi connectivity index (χ4v) is 3.96.